The van der Waals surface area contributed by atoms with E-state index in [2.05, 4.69) is 10.0 Å². The predicted molar refractivity (Wildman–Crippen MR) is 109 cm³/mol. The second kappa shape index (κ2) is 8.11. The standard InChI is InChI=1S/C20H17N3O5S/c1-14-7-8-15(13-19(14)23(25)26)20(24)21-16-9-11-18(12-10-16)29(27,28)22-17-5-3-2-4-6-17/h2-13,22H,1H3,(H,21,24). The minimum atomic E-state index is -3.77. The van der Waals surface area contributed by atoms with Crippen molar-refractivity contribution in [3.05, 3.63) is 94.0 Å². The summed E-state index contributed by atoms with van der Waals surface area (Å²) in [6.07, 6.45) is 0. The number of carbonyl (C=O) groups excluding carboxylic acids is 1. The van der Waals surface area contributed by atoms with E-state index in [4.69, 9.17) is 0 Å². The third-order valence-corrected chi connectivity index (χ3v) is 5.51. The monoisotopic (exact) mass is 411 g/mol. The Bertz CT molecular complexity index is 1160. The summed E-state index contributed by atoms with van der Waals surface area (Å²) in [5.41, 5.74) is 1.23. The van der Waals surface area contributed by atoms with Crippen LogP contribution in [-0.4, -0.2) is 19.2 Å². The largest absolute Gasteiger partial charge is 0.322 e. The molecule has 0 atom stereocenters. The minimum Gasteiger partial charge on any atom is -0.322 e. The average Bonchev–Trinajstić information content (AvgIpc) is 2.69. The lowest BCUT2D eigenvalue weighted by Crippen LogP contribution is -2.14. The number of para-hydroxylation sites is 1. The fourth-order valence-corrected chi connectivity index (χ4v) is 3.65. The second-order valence-electron chi connectivity index (χ2n) is 6.21. The first-order valence-electron chi connectivity index (χ1n) is 8.50. The number of anilines is 2. The maximum atomic E-state index is 12.4. The molecule has 0 aliphatic rings. The molecule has 3 aromatic carbocycles. The molecular formula is C20H17N3O5S. The van der Waals surface area contributed by atoms with E-state index in [1.807, 2.05) is 0 Å². The van der Waals surface area contributed by atoms with Gasteiger partial charge in [0, 0.05) is 28.6 Å². The van der Waals surface area contributed by atoms with Crippen LogP contribution < -0.4 is 10.0 Å². The Morgan fingerprint density at radius 3 is 2.21 bits per heavy atom. The molecule has 29 heavy (non-hydrogen) atoms. The molecule has 2 N–H and O–H groups in total. The Kier molecular flexibility index (Phi) is 5.60. The van der Waals surface area contributed by atoms with Crippen LogP contribution in [0.15, 0.2) is 77.7 Å². The van der Waals surface area contributed by atoms with Crippen molar-refractivity contribution < 1.29 is 18.1 Å². The molecule has 0 aliphatic carbocycles. The Hall–Kier alpha value is -3.72. The highest BCUT2D eigenvalue weighted by molar-refractivity contribution is 7.92. The molecule has 0 fully saturated rings. The Balaban J connectivity index is 1.74. The van der Waals surface area contributed by atoms with Gasteiger partial charge in [-0.2, -0.15) is 0 Å². The van der Waals surface area contributed by atoms with Crippen LogP contribution in [0.5, 0.6) is 0 Å². The number of hydrogen-bond acceptors (Lipinski definition) is 5. The lowest BCUT2D eigenvalue weighted by molar-refractivity contribution is -0.385. The van der Waals surface area contributed by atoms with Gasteiger partial charge in [0.1, 0.15) is 0 Å². The zero-order valence-electron chi connectivity index (χ0n) is 15.3. The van der Waals surface area contributed by atoms with Crippen molar-refractivity contribution in [1.29, 1.82) is 0 Å². The van der Waals surface area contributed by atoms with Gasteiger partial charge in [0.25, 0.3) is 21.6 Å². The molecule has 0 radical (unpaired) electrons. The molecule has 0 bridgehead atoms. The van der Waals surface area contributed by atoms with E-state index in [0.29, 0.717) is 16.9 Å². The maximum Gasteiger partial charge on any atom is 0.273 e. The Morgan fingerprint density at radius 2 is 1.59 bits per heavy atom. The number of benzene rings is 3. The van der Waals surface area contributed by atoms with Crippen LogP contribution in [-0.2, 0) is 10.0 Å². The SMILES string of the molecule is Cc1ccc(C(=O)Nc2ccc(S(=O)(=O)Nc3ccccc3)cc2)cc1[N+](=O)[O-]. The number of rotatable bonds is 6. The van der Waals surface area contributed by atoms with Gasteiger partial charge >= 0.3 is 0 Å². The molecule has 9 heteroatoms. The molecule has 0 saturated heterocycles. The van der Waals surface area contributed by atoms with Gasteiger partial charge in [-0.15, -0.1) is 0 Å². The molecule has 0 saturated carbocycles. The predicted octanol–water partition coefficient (Wildman–Crippen LogP) is 3.96. The van der Waals surface area contributed by atoms with Crippen LogP contribution in [0, 0.1) is 17.0 Å². The highest BCUT2D eigenvalue weighted by Gasteiger charge is 2.16. The number of nitrogens with one attached hydrogen (secondary N) is 2. The molecule has 8 nitrogen and oxygen atoms in total. The van der Waals surface area contributed by atoms with Gasteiger partial charge in [-0.3, -0.25) is 19.6 Å². The van der Waals surface area contributed by atoms with Gasteiger partial charge in [-0.1, -0.05) is 24.3 Å². The molecule has 148 valence electrons. The van der Waals surface area contributed by atoms with Crippen molar-refractivity contribution in [1.82, 2.24) is 0 Å². The highest BCUT2D eigenvalue weighted by Crippen LogP contribution is 2.21. The zero-order valence-corrected chi connectivity index (χ0v) is 16.1. The van der Waals surface area contributed by atoms with Crippen molar-refractivity contribution in [2.24, 2.45) is 0 Å². The van der Waals surface area contributed by atoms with Crippen molar-refractivity contribution in [3.63, 3.8) is 0 Å². The van der Waals surface area contributed by atoms with Crippen molar-refractivity contribution in [3.8, 4) is 0 Å². The summed E-state index contributed by atoms with van der Waals surface area (Å²) >= 11 is 0. The number of nitro benzene ring substituents is 1. The zero-order chi connectivity index (χ0) is 21.0. The van der Waals surface area contributed by atoms with Gasteiger partial charge in [0.05, 0.1) is 9.82 Å². The number of carbonyl (C=O) groups is 1. The molecule has 3 aromatic rings. The fraction of sp³-hybridized carbons (Fsp3) is 0.0500. The summed E-state index contributed by atoms with van der Waals surface area (Å²) in [4.78, 5) is 22.9. The lowest BCUT2D eigenvalue weighted by Gasteiger charge is -2.10. The van der Waals surface area contributed by atoms with E-state index in [9.17, 15) is 23.3 Å². The van der Waals surface area contributed by atoms with Gasteiger partial charge in [0.15, 0.2) is 0 Å². The summed E-state index contributed by atoms with van der Waals surface area (Å²) in [7, 11) is -3.77. The number of aryl methyl sites for hydroxylation is 1. The van der Waals surface area contributed by atoms with Crippen LogP contribution in [0.1, 0.15) is 15.9 Å². The van der Waals surface area contributed by atoms with Crippen molar-refractivity contribution in [2.45, 2.75) is 11.8 Å². The van der Waals surface area contributed by atoms with Crippen LogP contribution >= 0.6 is 0 Å². The highest BCUT2D eigenvalue weighted by atomic mass is 32.2. The molecule has 0 unspecified atom stereocenters. The van der Waals surface area contributed by atoms with Crippen LogP contribution in [0.3, 0.4) is 0 Å². The average molecular weight is 411 g/mol. The number of sulfonamides is 1. The number of amides is 1. The Morgan fingerprint density at radius 1 is 0.931 bits per heavy atom. The van der Waals surface area contributed by atoms with Gasteiger partial charge in [-0.25, -0.2) is 8.42 Å². The normalized spacial score (nSPS) is 10.9. The van der Waals surface area contributed by atoms with Crippen molar-refractivity contribution >= 4 is 33.0 Å². The fourth-order valence-electron chi connectivity index (χ4n) is 2.59. The minimum absolute atomic E-state index is 0.0327. The molecule has 3 rings (SSSR count). The first-order valence-corrected chi connectivity index (χ1v) is 9.99. The first-order chi connectivity index (χ1) is 13.8. The topological polar surface area (TPSA) is 118 Å². The van der Waals surface area contributed by atoms with Crippen LogP contribution in [0.25, 0.3) is 0 Å². The van der Waals surface area contributed by atoms with E-state index in [1.165, 1.54) is 42.5 Å². The van der Waals surface area contributed by atoms with Gasteiger partial charge in [-0.05, 0) is 49.4 Å². The summed E-state index contributed by atoms with van der Waals surface area (Å²) in [5.74, 6) is -0.536. The molecule has 0 aromatic heterocycles. The number of hydrogen-bond donors (Lipinski definition) is 2. The van der Waals surface area contributed by atoms with Crippen LogP contribution in [0.4, 0.5) is 17.1 Å². The molecular weight excluding hydrogens is 394 g/mol. The second-order valence-corrected chi connectivity index (χ2v) is 7.89. The summed E-state index contributed by atoms with van der Waals surface area (Å²) in [6, 6.07) is 18.3. The third-order valence-electron chi connectivity index (χ3n) is 4.12. The number of nitro groups is 1. The first kappa shape index (κ1) is 20.0. The van der Waals surface area contributed by atoms with Gasteiger partial charge < -0.3 is 5.32 Å². The summed E-state index contributed by atoms with van der Waals surface area (Å²) in [5, 5.41) is 13.6. The van der Waals surface area contributed by atoms with E-state index in [0.717, 1.165) is 0 Å². The lowest BCUT2D eigenvalue weighted by atomic mass is 10.1. The van der Waals surface area contributed by atoms with Crippen LogP contribution in [0.2, 0.25) is 0 Å². The quantitative estimate of drug-likeness (QED) is 0.470. The summed E-state index contributed by atoms with van der Waals surface area (Å²) < 4.78 is 27.3. The van der Waals surface area contributed by atoms with E-state index < -0.39 is 20.9 Å². The molecule has 0 aliphatic heterocycles. The molecule has 0 heterocycles. The van der Waals surface area contributed by atoms with Crippen molar-refractivity contribution in [2.75, 3.05) is 10.0 Å². The van der Waals surface area contributed by atoms with E-state index in [1.54, 1.807) is 37.3 Å². The Labute approximate surface area is 167 Å². The molecule has 0 spiro atoms. The smallest absolute Gasteiger partial charge is 0.273 e. The van der Waals surface area contributed by atoms with E-state index in [-0.39, 0.29) is 16.1 Å². The van der Waals surface area contributed by atoms with Gasteiger partial charge in [0.2, 0.25) is 0 Å². The number of nitrogens with zero attached hydrogens (tertiary/aromatic N) is 1. The molecule has 1 amide bonds. The van der Waals surface area contributed by atoms with E-state index >= 15 is 0 Å². The maximum absolute atomic E-state index is 12.4. The summed E-state index contributed by atoms with van der Waals surface area (Å²) in [6.45, 7) is 1.59. The third kappa shape index (κ3) is 4.77.